The molecule has 0 heterocycles. The number of hydrogen-bond acceptors (Lipinski definition) is 0. The minimum absolute atomic E-state index is 1.74. The van der Waals surface area contributed by atoms with Crippen molar-refractivity contribution < 1.29 is 17.9 Å². The Bertz CT molecular complexity index is 90.4. The van der Waals surface area contributed by atoms with Crippen LogP contribution >= 0.6 is 0 Å². The van der Waals surface area contributed by atoms with Gasteiger partial charge in [0.2, 0.25) is 0 Å². The molecule has 0 radical (unpaired) electrons. The van der Waals surface area contributed by atoms with Crippen LogP contribution < -0.4 is 0 Å². The first kappa shape index (κ1) is 6.84. The average Bonchev–Trinajstić information content (AvgIpc) is 1.69. The van der Waals surface area contributed by atoms with E-state index in [2.05, 4.69) is 24.8 Å². The van der Waals surface area contributed by atoms with Gasteiger partial charge in [-0.25, -0.2) is 0 Å². The monoisotopic (exact) mass is 182 g/mol. The Balaban J connectivity index is 3.27. The van der Waals surface area contributed by atoms with Gasteiger partial charge in [-0.3, -0.25) is 0 Å². The van der Waals surface area contributed by atoms with Gasteiger partial charge in [0, 0.05) is 0 Å². The molecule has 0 aliphatic rings. The van der Waals surface area contributed by atoms with Crippen molar-refractivity contribution in [3.63, 3.8) is 0 Å². The van der Waals surface area contributed by atoms with Crippen molar-refractivity contribution in [1.29, 1.82) is 0 Å². The summed E-state index contributed by atoms with van der Waals surface area (Å²) < 4.78 is 1.86. The molecule has 0 saturated carbocycles. The summed E-state index contributed by atoms with van der Waals surface area (Å²) in [6.45, 7) is 3.50. The molecule has 0 nitrogen and oxygen atoms in total. The van der Waals surface area contributed by atoms with Crippen molar-refractivity contribution in [3.05, 3.63) is 31.2 Å². The quantitative estimate of drug-likeness (QED) is 0.343. The van der Waals surface area contributed by atoms with Crippen molar-refractivity contribution in [2.75, 3.05) is 0 Å². The third-order valence-corrected chi connectivity index (χ3v) is 0.738. The van der Waals surface area contributed by atoms with Gasteiger partial charge in [0.05, 0.1) is 0 Å². The fourth-order valence-corrected chi connectivity index (χ4v) is 0.362. The molecule has 0 rings (SSSR count). The molecule has 0 aliphatic carbocycles. The van der Waals surface area contributed by atoms with Crippen LogP contribution in [0, 0.1) is 6.92 Å². The van der Waals surface area contributed by atoms with E-state index in [-0.39, 0.29) is 0 Å². The van der Waals surface area contributed by atoms with Crippen LogP contribution in [0.3, 0.4) is 0 Å². The van der Waals surface area contributed by atoms with E-state index in [1.807, 2.05) is 22.8 Å². The van der Waals surface area contributed by atoms with E-state index in [4.69, 9.17) is 0 Å². The molecule has 0 aromatic carbocycles. The average molecular weight is 182 g/mol. The van der Waals surface area contributed by atoms with Gasteiger partial charge in [0.25, 0.3) is 0 Å². The molecule has 0 N–H and O–H groups in total. The summed E-state index contributed by atoms with van der Waals surface area (Å²) in [5, 5.41) is 0. The molecule has 0 amide bonds. The molecular formula is C6H7Rh-. The van der Waals surface area contributed by atoms with Gasteiger partial charge >= 0.3 is 53.7 Å². The molecule has 0 spiro atoms. The Labute approximate surface area is 54.1 Å². The summed E-state index contributed by atoms with van der Waals surface area (Å²) in [6.07, 6.45) is 7.43. The molecular weight excluding hydrogens is 175 g/mol. The van der Waals surface area contributed by atoms with Crippen molar-refractivity contribution in [2.24, 2.45) is 0 Å². The van der Waals surface area contributed by atoms with Crippen LogP contribution in [0.2, 0.25) is 0 Å². The summed E-state index contributed by atoms with van der Waals surface area (Å²) in [7, 11) is 0. The van der Waals surface area contributed by atoms with Crippen LogP contribution in [0.15, 0.2) is 24.3 Å². The Morgan fingerprint density at radius 3 is 2.29 bits per heavy atom. The van der Waals surface area contributed by atoms with Crippen molar-refractivity contribution in [2.45, 2.75) is 0 Å². The van der Waals surface area contributed by atoms with E-state index in [1.165, 1.54) is 0 Å². The summed E-state index contributed by atoms with van der Waals surface area (Å²) in [4.78, 5) is 0. The van der Waals surface area contributed by atoms with E-state index in [0.717, 1.165) is 0 Å². The Morgan fingerprint density at radius 1 is 1.14 bits per heavy atom. The van der Waals surface area contributed by atoms with Crippen LogP contribution in [0.4, 0.5) is 0 Å². The van der Waals surface area contributed by atoms with Crippen molar-refractivity contribution in [1.82, 2.24) is 0 Å². The number of hydrogen-bond donors (Lipinski definition) is 0. The topological polar surface area (TPSA) is 0 Å². The van der Waals surface area contributed by atoms with Gasteiger partial charge < -0.3 is 0 Å². The SMILES string of the molecule is [CH2-]/C=C\C=C/[CH]=[Rh]. The molecule has 0 unspecified atom stereocenters. The molecule has 1 heteroatoms. The molecule has 0 aromatic heterocycles. The predicted molar refractivity (Wildman–Crippen MR) is 29.7 cm³/mol. The fraction of sp³-hybridized carbons (Fsp3) is 0. The summed E-state index contributed by atoms with van der Waals surface area (Å²) in [6, 6.07) is 0. The van der Waals surface area contributed by atoms with Gasteiger partial charge in [0.1, 0.15) is 0 Å². The molecule has 41 valence electrons. The summed E-state index contributed by atoms with van der Waals surface area (Å²) >= 11 is 2.64. The number of allylic oxidation sites excluding steroid dienone is 4. The molecule has 0 aromatic rings. The van der Waals surface area contributed by atoms with Crippen LogP contribution in [-0.4, -0.2) is 4.61 Å². The van der Waals surface area contributed by atoms with E-state index < -0.39 is 0 Å². The molecule has 0 aliphatic heterocycles. The van der Waals surface area contributed by atoms with Gasteiger partial charge in [-0.15, -0.1) is 0 Å². The normalized spacial score (nSPS) is 11.0. The van der Waals surface area contributed by atoms with Crippen molar-refractivity contribution in [3.8, 4) is 0 Å². The second kappa shape index (κ2) is 5.84. The second-order valence-corrected chi connectivity index (χ2v) is 1.47. The zero-order chi connectivity index (χ0) is 5.54. The van der Waals surface area contributed by atoms with Gasteiger partial charge in [-0.2, -0.15) is 0 Å². The maximum atomic E-state index is 3.50. The zero-order valence-electron chi connectivity index (χ0n) is 3.93. The van der Waals surface area contributed by atoms with Gasteiger partial charge in [-0.1, -0.05) is 0 Å². The third kappa shape index (κ3) is 5.84. The molecule has 0 saturated heterocycles. The molecule has 0 fully saturated rings. The molecule has 0 bridgehead atoms. The maximum absolute atomic E-state index is 3.50. The molecule has 0 atom stereocenters. The first-order valence-corrected chi connectivity index (χ1v) is 2.88. The summed E-state index contributed by atoms with van der Waals surface area (Å²) in [5.74, 6) is 0. The summed E-state index contributed by atoms with van der Waals surface area (Å²) in [5.41, 5.74) is 0. The van der Waals surface area contributed by atoms with Gasteiger partial charge in [0.15, 0.2) is 0 Å². The first-order chi connectivity index (χ1) is 3.41. The zero-order valence-corrected chi connectivity index (χ0v) is 5.57. The minimum atomic E-state index is 1.74. The van der Waals surface area contributed by atoms with Gasteiger partial charge in [-0.05, 0) is 0 Å². The Hall–Kier alpha value is -0.157. The number of rotatable bonds is 2. The van der Waals surface area contributed by atoms with E-state index in [9.17, 15) is 0 Å². The van der Waals surface area contributed by atoms with E-state index in [0.29, 0.717) is 0 Å². The predicted octanol–water partition coefficient (Wildman–Crippen LogP) is 1.28. The first-order valence-electron chi connectivity index (χ1n) is 1.93. The standard InChI is InChI=1S/C6H7.Rh/c1-3-5-6-4-2;/h1,3-6H,2H2;/q-1;/b5-3-,6-4-;. The fourth-order valence-electron chi connectivity index (χ4n) is 0.180. The third-order valence-electron chi connectivity index (χ3n) is 0.422. The van der Waals surface area contributed by atoms with E-state index >= 15 is 0 Å². The molecule has 7 heavy (non-hydrogen) atoms. The van der Waals surface area contributed by atoms with Crippen LogP contribution in [-0.2, 0) is 17.9 Å². The van der Waals surface area contributed by atoms with Crippen LogP contribution in [0.5, 0.6) is 0 Å². The van der Waals surface area contributed by atoms with Crippen LogP contribution in [0.1, 0.15) is 0 Å². The second-order valence-electron chi connectivity index (χ2n) is 0.924. The Kier molecular flexibility index (Phi) is 5.71. The van der Waals surface area contributed by atoms with Crippen molar-refractivity contribution >= 4 is 4.61 Å². The van der Waals surface area contributed by atoms with E-state index in [1.54, 1.807) is 6.08 Å². The Morgan fingerprint density at radius 2 is 1.86 bits per heavy atom. The van der Waals surface area contributed by atoms with Crippen LogP contribution in [0.25, 0.3) is 0 Å².